The molecule has 2 aliphatic rings. The van der Waals surface area contributed by atoms with Crippen molar-refractivity contribution in [3.05, 3.63) is 105 Å². The molecule has 1 fully saturated rings. The number of benzene rings is 3. The Kier molecular flexibility index (Phi) is 8.94. The van der Waals surface area contributed by atoms with Crippen LogP contribution < -0.4 is 11.2 Å². The van der Waals surface area contributed by atoms with Crippen LogP contribution in [-0.2, 0) is 21.0 Å². The van der Waals surface area contributed by atoms with Gasteiger partial charge in [-0.15, -0.1) is 0 Å². The van der Waals surface area contributed by atoms with Gasteiger partial charge in [0.1, 0.15) is 0 Å². The summed E-state index contributed by atoms with van der Waals surface area (Å²) in [5.41, 5.74) is 12.0. The molecule has 10 heteroatoms. The van der Waals surface area contributed by atoms with Gasteiger partial charge in [0.05, 0.1) is 31.2 Å². The van der Waals surface area contributed by atoms with Crippen LogP contribution in [0.2, 0.25) is 10.0 Å². The number of halogens is 2. The van der Waals surface area contributed by atoms with Gasteiger partial charge in [-0.1, -0.05) is 72.4 Å². The van der Waals surface area contributed by atoms with Crippen molar-refractivity contribution < 1.29 is 24.0 Å². The summed E-state index contributed by atoms with van der Waals surface area (Å²) in [7, 11) is 1.32. The zero-order valence-corrected chi connectivity index (χ0v) is 24.0. The molecular weight excluding hydrogens is 565 g/mol. The first kappa shape index (κ1) is 29.1. The number of nitrogens with two attached hydrogens (primary N) is 1. The van der Waals surface area contributed by atoms with E-state index in [2.05, 4.69) is 5.48 Å². The standard InChI is InChI=1S/C31H31Cl2N3O5/c1-40-31(39)19-12-10-18(11-13-19)17-41-35-29(37)27-21-6-2-3-7-22(21)30(38)36(26-9-5-4-8-25(26)34)28(27)23-15-14-20(32)16-24(23)33/h2-3,6-7,10-16,25-28H,4-5,8-9,17,34H2,1H3,(H,35,37)/t25-,26-,27+,28-/m0/s1. The van der Waals surface area contributed by atoms with Gasteiger partial charge < -0.3 is 15.4 Å². The number of rotatable bonds is 7. The maximum absolute atomic E-state index is 14.1. The molecule has 1 saturated carbocycles. The van der Waals surface area contributed by atoms with Crippen LogP contribution >= 0.6 is 23.2 Å². The van der Waals surface area contributed by atoms with Crippen molar-refractivity contribution in [1.29, 1.82) is 0 Å². The highest BCUT2D eigenvalue weighted by molar-refractivity contribution is 6.35. The predicted molar refractivity (Wildman–Crippen MR) is 156 cm³/mol. The smallest absolute Gasteiger partial charge is 0.337 e. The Balaban J connectivity index is 1.49. The normalized spacial score (nSPS) is 22.1. The molecule has 3 N–H and O–H groups in total. The third-order valence-electron chi connectivity index (χ3n) is 7.87. The number of amides is 2. The van der Waals surface area contributed by atoms with Crippen LogP contribution in [0, 0.1) is 0 Å². The van der Waals surface area contributed by atoms with E-state index in [1.807, 2.05) is 0 Å². The molecule has 3 aromatic carbocycles. The van der Waals surface area contributed by atoms with Gasteiger partial charge in [0, 0.05) is 27.7 Å². The average molecular weight is 597 g/mol. The first-order chi connectivity index (χ1) is 19.8. The molecule has 1 aliphatic carbocycles. The predicted octanol–water partition coefficient (Wildman–Crippen LogP) is 5.58. The van der Waals surface area contributed by atoms with E-state index in [9.17, 15) is 14.4 Å². The second kappa shape index (κ2) is 12.6. The number of esters is 1. The monoisotopic (exact) mass is 595 g/mol. The van der Waals surface area contributed by atoms with Crippen molar-refractivity contribution in [1.82, 2.24) is 10.4 Å². The highest BCUT2D eigenvalue weighted by Crippen LogP contribution is 2.47. The number of ether oxygens (including phenoxy) is 1. The number of nitrogens with one attached hydrogen (secondary N) is 1. The summed E-state index contributed by atoms with van der Waals surface area (Å²) in [5, 5.41) is 0.804. The molecule has 0 unspecified atom stereocenters. The summed E-state index contributed by atoms with van der Waals surface area (Å²) in [6.07, 6.45) is 3.43. The fourth-order valence-electron chi connectivity index (χ4n) is 5.87. The average Bonchev–Trinajstić information content (AvgIpc) is 2.98. The summed E-state index contributed by atoms with van der Waals surface area (Å²) in [4.78, 5) is 47.2. The van der Waals surface area contributed by atoms with Crippen molar-refractivity contribution in [2.45, 2.75) is 56.3 Å². The molecule has 8 nitrogen and oxygen atoms in total. The van der Waals surface area contributed by atoms with Gasteiger partial charge in [-0.2, -0.15) is 0 Å². The molecule has 1 aliphatic heterocycles. The van der Waals surface area contributed by atoms with E-state index in [1.54, 1.807) is 71.6 Å². The van der Waals surface area contributed by atoms with Crippen LogP contribution in [0.25, 0.3) is 0 Å². The van der Waals surface area contributed by atoms with Crippen molar-refractivity contribution in [3.63, 3.8) is 0 Å². The Labute approximate surface area is 248 Å². The van der Waals surface area contributed by atoms with E-state index >= 15 is 0 Å². The van der Waals surface area contributed by atoms with Crippen molar-refractivity contribution in [3.8, 4) is 0 Å². The van der Waals surface area contributed by atoms with Gasteiger partial charge in [-0.25, -0.2) is 10.3 Å². The number of nitrogens with zero attached hydrogens (tertiary/aromatic N) is 1. The van der Waals surface area contributed by atoms with Gasteiger partial charge in [0.15, 0.2) is 0 Å². The van der Waals surface area contributed by atoms with Gasteiger partial charge >= 0.3 is 5.97 Å². The van der Waals surface area contributed by atoms with E-state index in [-0.39, 0.29) is 24.6 Å². The first-order valence-electron chi connectivity index (χ1n) is 13.5. The molecule has 5 rings (SSSR count). The zero-order valence-electron chi connectivity index (χ0n) is 22.5. The number of hydrogen-bond acceptors (Lipinski definition) is 6. The summed E-state index contributed by atoms with van der Waals surface area (Å²) >= 11 is 13.0. The lowest BCUT2D eigenvalue weighted by Gasteiger charge is -2.48. The Morgan fingerprint density at radius 1 is 1.00 bits per heavy atom. The Morgan fingerprint density at radius 3 is 2.44 bits per heavy atom. The fourth-order valence-corrected chi connectivity index (χ4v) is 6.39. The van der Waals surface area contributed by atoms with Crippen molar-refractivity contribution in [2.24, 2.45) is 5.73 Å². The number of hydrogen-bond donors (Lipinski definition) is 2. The van der Waals surface area contributed by atoms with Crippen LogP contribution in [0.1, 0.15) is 75.0 Å². The van der Waals surface area contributed by atoms with Gasteiger partial charge in [0.2, 0.25) is 0 Å². The number of carbonyl (C=O) groups is 3. The highest BCUT2D eigenvalue weighted by atomic mass is 35.5. The number of carbonyl (C=O) groups excluding carboxylic acids is 3. The van der Waals surface area contributed by atoms with E-state index in [0.29, 0.717) is 32.3 Å². The molecule has 0 bridgehead atoms. The molecule has 3 aromatic rings. The molecule has 0 aromatic heterocycles. The van der Waals surface area contributed by atoms with Crippen LogP contribution in [-0.4, -0.2) is 41.9 Å². The van der Waals surface area contributed by atoms with Crippen LogP contribution in [0.3, 0.4) is 0 Å². The maximum Gasteiger partial charge on any atom is 0.337 e. The summed E-state index contributed by atoms with van der Waals surface area (Å²) in [6.45, 7) is 0.0596. The Hall–Kier alpha value is -3.43. The third-order valence-corrected chi connectivity index (χ3v) is 8.43. The molecule has 2 amide bonds. The SMILES string of the molecule is COC(=O)c1ccc(CONC(=O)[C@@H]2c3ccccc3C(=O)N([C@H]3CCCC[C@@H]3N)[C@H]2c2ccc(Cl)cc2Cl)cc1. The lowest BCUT2D eigenvalue weighted by atomic mass is 9.76. The maximum atomic E-state index is 14.1. The molecule has 41 heavy (non-hydrogen) atoms. The minimum atomic E-state index is -0.835. The third kappa shape index (κ3) is 5.97. The fraction of sp³-hybridized carbons (Fsp3) is 0.323. The molecule has 0 spiro atoms. The largest absolute Gasteiger partial charge is 0.465 e. The van der Waals surface area contributed by atoms with Gasteiger partial charge in [0.25, 0.3) is 11.8 Å². The van der Waals surface area contributed by atoms with Gasteiger partial charge in [-0.05, 0) is 59.9 Å². The van der Waals surface area contributed by atoms with E-state index in [4.69, 9.17) is 38.5 Å². The Bertz CT molecular complexity index is 1450. The number of methoxy groups -OCH3 is 1. The molecule has 1 heterocycles. The van der Waals surface area contributed by atoms with Crippen molar-refractivity contribution in [2.75, 3.05) is 7.11 Å². The van der Waals surface area contributed by atoms with E-state index in [0.717, 1.165) is 31.2 Å². The Morgan fingerprint density at radius 2 is 1.73 bits per heavy atom. The number of fused-ring (bicyclic) bond motifs is 1. The van der Waals surface area contributed by atoms with Crippen molar-refractivity contribution >= 4 is 41.0 Å². The summed E-state index contributed by atoms with van der Waals surface area (Å²) < 4.78 is 4.73. The van der Waals surface area contributed by atoms with E-state index < -0.39 is 23.8 Å². The molecule has 0 radical (unpaired) electrons. The molecule has 214 valence electrons. The van der Waals surface area contributed by atoms with Crippen LogP contribution in [0.5, 0.6) is 0 Å². The summed E-state index contributed by atoms with van der Waals surface area (Å²) in [6, 6.07) is 17.6. The molecule has 4 atom stereocenters. The minimum absolute atomic E-state index is 0.0596. The summed E-state index contributed by atoms with van der Waals surface area (Å²) in [5.74, 6) is -1.89. The zero-order chi connectivity index (χ0) is 29.1. The lowest BCUT2D eigenvalue weighted by Crippen LogP contribution is -2.57. The first-order valence-corrected chi connectivity index (χ1v) is 14.3. The number of hydroxylamine groups is 1. The van der Waals surface area contributed by atoms with Crippen LogP contribution in [0.15, 0.2) is 66.7 Å². The van der Waals surface area contributed by atoms with E-state index in [1.165, 1.54) is 7.11 Å². The second-order valence-corrected chi connectivity index (χ2v) is 11.2. The van der Waals surface area contributed by atoms with Gasteiger partial charge in [-0.3, -0.25) is 14.4 Å². The van der Waals surface area contributed by atoms with Crippen LogP contribution in [0.4, 0.5) is 0 Å². The second-order valence-electron chi connectivity index (χ2n) is 10.3. The highest BCUT2D eigenvalue weighted by Gasteiger charge is 2.48. The molecular formula is C31H31Cl2N3O5. The molecule has 0 saturated heterocycles. The quantitative estimate of drug-likeness (QED) is 0.272. The lowest BCUT2D eigenvalue weighted by molar-refractivity contribution is -0.138. The minimum Gasteiger partial charge on any atom is -0.465 e. The topological polar surface area (TPSA) is 111 Å².